The molecule has 2 rings (SSSR count). The molecule has 0 spiro atoms. The van der Waals surface area contributed by atoms with Gasteiger partial charge in [0, 0.05) is 11.8 Å². The zero-order valence-electron chi connectivity index (χ0n) is 15.7. The zero-order chi connectivity index (χ0) is 23.1. The molecular weight excluding hydrogens is 440 g/mol. The minimum atomic E-state index is -4.88. The molecule has 0 aliphatic rings. The van der Waals surface area contributed by atoms with Crippen molar-refractivity contribution in [2.24, 2.45) is 4.99 Å². The van der Waals surface area contributed by atoms with E-state index in [2.05, 4.69) is 9.98 Å². The lowest BCUT2D eigenvalue weighted by molar-refractivity contribution is -0.141. The topological polar surface area (TPSA) is 92.2 Å². The van der Waals surface area contributed by atoms with Gasteiger partial charge in [0.2, 0.25) is 0 Å². The molecule has 0 fully saturated rings. The normalized spacial score (nSPS) is 13.6. The Morgan fingerprint density at radius 3 is 2.23 bits per heavy atom. The molecule has 2 aromatic heterocycles. The molecule has 0 unspecified atom stereocenters. The van der Waals surface area contributed by atoms with Gasteiger partial charge in [-0.05, 0) is 26.0 Å². The lowest BCUT2D eigenvalue weighted by Crippen LogP contribution is -2.18. The lowest BCUT2D eigenvalue weighted by Gasteiger charge is -2.13. The average molecular weight is 455 g/mol. The number of hydrogen-bond donors (Lipinski definition) is 1. The van der Waals surface area contributed by atoms with Crippen LogP contribution >= 0.6 is 0 Å². The Balaban J connectivity index is 2.75. The SMILES string of the molecule is CCS(=O)(=O)c1cc(C(F)(F)F)cnc1C(C)=Nc1cc(C(F)(F)F)[nH]c(=O)c1C. The molecule has 0 aliphatic heterocycles. The number of pyridine rings is 2. The third-order valence-electron chi connectivity index (χ3n) is 4.09. The van der Waals surface area contributed by atoms with Gasteiger partial charge >= 0.3 is 12.4 Å². The van der Waals surface area contributed by atoms with Crippen molar-refractivity contribution in [3.8, 4) is 0 Å². The zero-order valence-corrected chi connectivity index (χ0v) is 16.6. The van der Waals surface area contributed by atoms with E-state index in [1.54, 1.807) is 4.98 Å². The predicted octanol–water partition coefficient (Wildman–Crippen LogP) is 4.05. The summed E-state index contributed by atoms with van der Waals surface area (Å²) in [5, 5.41) is 0. The van der Waals surface area contributed by atoms with E-state index in [0.717, 1.165) is 6.92 Å². The number of H-pyrrole nitrogens is 1. The number of aromatic nitrogens is 2. The van der Waals surface area contributed by atoms with Gasteiger partial charge in [0.25, 0.3) is 5.56 Å². The second-order valence-corrected chi connectivity index (χ2v) is 8.44. The molecule has 2 aromatic rings. The van der Waals surface area contributed by atoms with Crippen LogP contribution in [0, 0.1) is 6.92 Å². The highest BCUT2D eigenvalue weighted by atomic mass is 32.2. The van der Waals surface area contributed by atoms with Crippen molar-refractivity contribution in [1.82, 2.24) is 9.97 Å². The number of aliphatic imine (C=N–C) groups is 1. The molecule has 0 amide bonds. The van der Waals surface area contributed by atoms with Crippen LogP contribution in [0.1, 0.15) is 36.4 Å². The van der Waals surface area contributed by atoms with Crippen molar-refractivity contribution in [3.05, 3.63) is 51.2 Å². The fourth-order valence-corrected chi connectivity index (χ4v) is 3.49. The van der Waals surface area contributed by atoms with Crippen LogP contribution in [0.4, 0.5) is 32.0 Å². The molecule has 6 nitrogen and oxygen atoms in total. The minimum Gasteiger partial charge on any atom is -0.318 e. The molecule has 0 saturated heterocycles. The summed E-state index contributed by atoms with van der Waals surface area (Å²) in [6.45, 7) is 3.56. The summed E-state index contributed by atoms with van der Waals surface area (Å²) in [7, 11) is -4.19. The van der Waals surface area contributed by atoms with Crippen molar-refractivity contribution in [3.63, 3.8) is 0 Å². The van der Waals surface area contributed by atoms with Crippen molar-refractivity contribution < 1.29 is 34.8 Å². The Labute approximate surface area is 166 Å². The number of halogens is 6. The third kappa shape index (κ3) is 4.89. The van der Waals surface area contributed by atoms with Gasteiger partial charge in [-0.15, -0.1) is 0 Å². The summed E-state index contributed by atoms with van der Waals surface area (Å²) in [6, 6.07) is 0.935. The maximum atomic E-state index is 13.0. The van der Waals surface area contributed by atoms with E-state index in [1.165, 1.54) is 13.8 Å². The summed E-state index contributed by atoms with van der Waals surface area (Å²) in [5.74, 6) is -0.543. The molecule has 0 aliphatic carbocycles. The molecule has 2 heterocycles. The van der Waals surface area contributed by atoms with Gasteiger partial charge in [-0.2, -0.15) is 26.3 Å². The first-order valence-corrected chi connectivity index (χ1v) is 9.90. The molecule has 0 aromatic carbocycles. The highest BCUT2D eigenvalue weighted by Gasteiger charge is 2.34. The first-order chi connectivity index (χ1) is 13.6. The van der Waals surface area contributed by atoms with Crippen LogP contribution in [0.25, 0.3) is 0 Å². The highest BCUT2D eigenvalue weighted by molar-refractivity contribution is 7.91. The average Bonchev–Trinajstić information content (AvgIpc) is 2.63. The van der Waals surface area contributed by atoms with Crippen LogP contribution in [-0.4, -0.2) is 29.9 Å². The Bertz CT molecular complexity index is 1160. The minimum absolute atomic E-state index is 0.200. The standard InChI is InChI=1S/C17H15F6N3O3S/c1-4-30(28,29)12-5-10(16(18,19)20)7-24-14(12)9(3)25-11-6-13(17(21,22)23)26-15(27)8(11)2/h5-7H,4H2,1-3H3,(H,26,27). The molecular formula is C17H15F6N3O3S. The molecule has 0 saturated carbocycles. The van der Waals surface area contributed by atoms with Crippen LogP contribution in [0.3, 0.4) is 0 Å². The fourth-order valence-electron chi connectivity index (χ4n) is 2.38. The number of rotatable bonds is 4. The Kier molecular flexibility index (Phi) is 6.17. The van der Waals surface area contributed by atoms with Gasteiger partial charge in [-0.1, -0.05) is 6.92 Å². The van der Waals surface area contributed by atoms with Gasteiger partial charge in [0.15, 0.2) is 9.84 Å². The highest BCUT2D eigenvalue weighted by Crippen LogP contribution is 2.33. The van der Waals surface area contributed by atoms with Gasteiger partial charge < -0.3 is 4.98 Å². The van der Waals surface area contributed by atoms with Crippen LogP contribution in [-0.2, 0) is 22.2 Å². The van der Waals surface area contributed by atoms with E-state index in [1.807, 2.05) is 0 Å². The summed E-state index contributed by atoms with van der Waals surface area (Å²) >= 11 is 0. The monoisotopic (exact) mass is 455 g/mol. The van der Waals surface area contributed by atoms with Crippen molar-refractivity contribution in [2.75, 3.05) is 5.75 Å². The van der Waals surface area contributed by atoms with Gasteiger partial charge in [-0.3, -0.25) is 14.8 Å². The van der Waals surface area contributed by atoms with E-state index in [-0.39, 0.29) is 11.3 Å². The number of alkyl halides is 6. The second-order valence-electron chi connectivity index (χ2n) is 6.19. The number of sulfone groups is 1. The van der Waals surface area contributed by atoms with Gasteiger partial charge in [0.05, 0.1) is 27.6 Å². The molecule has 0 radical (unpaired) electrons. The van der Waals surface area contributed by atoms with E-state index in [4.69, 9.17) is 0 Å². The number of hydrogen-bond acceptors (Lipinski definition) is 5. The van der Waals surface area contributed by atoms with Crippen molar-refractivity contribution in [1.29, 1.82) is 0 Å². The molecule has 30 heavy (non-hydrogen) atoms. The number of aromatic amines is 1. The first kappa shape index (κ1) is 23.6. The largest absolute Gasteiger partial charge is 0.431 e. The van der Waals surface area contributed by atoms with Crippen molar-refractivity contribution >= 4 is 21.2 Å². The number of nitrogens with zero attached hydrogens (tertiary/aromatic N) is 2. The van der Waals surface area contributed by atoms with E-state index >= 15 is 0 Å². The molecule has 13 heteroatoms. The molecule has 0 bridgehead atoms. The predicted molar refractivity (Wildman–Crippen MR) is 95.6 cm³/mol. The maximum Gasteiger partial charge on any atom is 0.431 e. The maximum absolute atomic E-state index is 13.0. The Morgan fingerprint density at radius 2 is 1.73 bits per heavy atom. The summed E-state index contributed by atoms with van der Waals surface area (Å²) in [6.07, 6.45) is -9.34. The Morgan fingerprint density at radius 1 is 1.13 bits per heavy atom. The van der Waals surface area contributed by atoms with Gasteiger partial charge in [-0.25, -0.2) is 8.42 Å². The summed E-state index contributed by atoms with van der Waals surface area (Å²) in [4.78, 5) is 20.1. The Hall–Kier alpha value is -2.70. The van der Waals surface area contributed by atoms with E-state index < -0.39 is 61.0 Å². The van der Waals surface area contributed by atoms with Crippen LogP contribution in [0.2, 0.25) is 0 Å². The second kappa shape index (κ2) is 7.85. The van der Waals surface area contributed by atoms with Gasteiger partial charge in [0.1, 0.15) is 11.4 Å². The quantitative estimate of drug-likeness (QED) is 0.556. The molecule has 0 atom stereocenters. The third-order valence-corrected chi connectivity index (χ3v) is 5.83. The van der Waals surface area contributed by atoms with Crippen molar-refractivity contribution in [2.45, 2.75) is 38.0 Å². The summed E-state index contributed by atoms with van der Waals surface area (Å²) < 4.78 is 102. The molecule has 164 valence electrons. The fraction of sp³-hybridized carbons (Fsp3) is 0.353. The lowest BCUT2D eigenvalue weighted by atomic mass is 10.2. The smallest absolute Gasteiger partial charge is 0.318 e. The number of nitrogens with one attached hydrogen (secondary N) is 1. The van der Waals surface area contributed by atoms with Crippen LogP contribution in [0.5, 0.6) is 0 Å². The van der Waals surface area contributed by atoms with Crippen LogP contribution in [0.15, 0.2) is 33.0 Å². The first-order valence-electron chi connectivity index (χ1n) is 8.24. The van der Waals surface area contributed by atoms with E-state index in [9.17, 15) is 39.6 Å². The molecule has 1 N–H and O–H groups in total. The summed E-state index contributed by atoms with van der Waals surface area (Å²) in [5.41, 5.74) is -5.13. The van der Waals surface area contributed by atoms with Crippen LogP contribution < -0.4 is 5.56 Å². The van der Waals surface area contributed by atoms with E-state index in [0.29, 0.717) is 18.3 Å².